The van der Waals surface area contributed by atoms with Crippen molar-refractivity contribution in [2.24, 2.45) is 0 Å². The van der Waals surface area contributed by atoms with Crippen LogP contribution in [0.2, 0.25) is 0 Å². The molecular weight excluding hydrogens is 307 g/mol. The monoisotopic (exact) mass is 310 g/mol. The van der Waals surface area contributed by atoms with E-state index in [-0.39, 0.29) is 0 Å². The maximum absolute atomic E-state index is 8.97. The molecular formula is C10H3IN2S. The van der Waals surface area contributed by atoms with Crippen molar-refractivity contribution in [1.29, 1.82) is 10.5 Å². The molecule has 1 aromatic carbocycles. The first-order chi connectivity index (χ1) is 6.77. The van der Waals surface area contributed by atoms with E-state index in [1.807, 2.05) is 11.4 Å². The largest absolute Gasteiger partial charge is 0.192 e. The van der Waals surface area contributed by atoms with Crippen molar-refractivity contribution in [2.45, 2.75) is 0 Å². The van der Waals surface area contributed by atoms with Gasteiger partial charge in [0, 0.05) is 8.96 Å². The second-order valence-corrected chi connectivity index (χ2v) is 4.75. The number of hydrogen-bond donors (Lipinski definition) is 0. The second-order valence-electron chi connectivity index (χ2n) is 2.67. The molecule has 0 aliphatic carbocycles. The Hall–Kier alpha value is -1.11. The zero-order valence-electron chi connectivity index (χ0n) is 6.91. The second kappa shape index (κ2) is 3.56. The summed E-state index contributed by atoms with van der Waals surface area (Å²) in [5, 5.41) is 20.7. The van der Waals surface area contributed by atoms with E-state index in [9.17, 15) is 0 Å². The zero-order valence-corrected chi connectivity index (χ0v) is 9.89. The van der Waals surface area contributed by atoms with Crippen molar-refractivity contribution < 1.29 is 0 Å². The maximum atomic E-state index is 8.97. The summed E-state index contributed by atoms with van der Waals surface area (Å²) < 4.78 is 1.75. The van der Waals surface area contributed by atoms with Gasteiger partial charge in [-0.3, -0.25) is 0 Å². The van der Waals surface area contributed by atoms with Crippen LogP contribution in [0.5, 0.6) is 0 Å². The van der Waals surface area contributed by atoms with Crippen LogP contribution in [-0.2, 0) is 0 Å². The number of hydrogen-bond acceptors (Lipinski definition) is 3. The molecule has 0 radical (unpaired) electrons. The van der Waals surface area contributed by atoms with Crippen LogP contribution in [0, 0.1) is 26.2 Å². The first-order valence-electron chi connectivity index (χ1n) is 3.78. The highest BCUT2D eigenvalue weighted by atomic mass is 127. The predicted molar refractivity (Wildman–Crippen MR) is 64.0 cm³/mol. The molecule has 2 nitrogen and oxygen atoms in total. The number of benzene rings is 1. The number of nitriles is 2. The summed E-state index contributed by atoms with van der Waals surface area (Å²) in [6, 6.07) is 7.96. The van der Waals surface area contributed by atoms with Crippen LogP contribution < -0.4 is 0 Å². The summed E-state index contributed by atoms with van der Waals surface area (Å²) in [6.07, 6.45) is 0. The van der Waals surface area contributed by atoms with Gasteiger partial charge in [-0.15, -0.1) is 11.3 Å². The molecule has 66 valence electrons. The van der Waals surface area contributed by atoms with E-state index in [4.69, 9.17) is 10.5 Å². The fourth-order valence-corrected chi connectivity index (χ4v) is 2.90. The van der Waals surface area contributed by atoms with Crippen molar-refractivity contribution in [1.82, 2.24) is 0 Å². The molecule has 0 saturated heterocycles. The molecule has 0 bridgehead atoms. The minimum Gasteiger partial charge on any atom is -0.192 e. The van der Waals surface area contributed by atoms with Crippen LogP contribution in [0.3, 0.4) is 0 Å². The van der Waals surface area contributed by atoms with Gasteiger partial charge in [0.2, 0.25) is 0 Å². The SMILES string of the molecule is N#Cc1c(I)cc(C#N)c2sccc12. The number of rotatable bonds is 0. The predicted octanol–water partition coefficient (Wildman–Crippen LogP) is 3.25. The Labute approximate surface area is 98.5 Å². The van der Waals surface area contributed by atoms with E-state index < -0.39 is 0 Å². The quantitative estimate of drug-likeness (QED) is 0.701. The van der Waals surface area contributed by atoms with E-state index >= 15 is 0 Å². The lowest BCUT2D eigenvalue weighted by Gasteiger charge is -1.99. The van der Waals surface area contributed by atoms with E-state index in [1.54, 1.807) is 6.07 Å². The van der Waals surface area contributed by atoms with Gasteiger partial charge in [0.1, 0.15) is 12.1 Å². The third kappa shape index (κ3) is 1.28. The molecule has 2 aromatic rings. The summed E-state index contributed by atoms with van der Waals surface area (Å²) in [5.41, 5.74) is 1.32. The average Bonchev–Trinajstić information content (AvgIpc) is 2.65. The van der Waals surface area contributed by atoms with Crippen molar-refractivity contribution in [3.63, 3.8) is 0 Å². The Bertz CT molecular complexity index is 586. The van der Waals surface area contributed by atoms with Crippen LogP contribution in [0.4, 0.5) is 0 Å². The highest BCUT2D eigenvalue weighted by Crippen LogP contribution is 2.30. The van der Waals surface area contributed by atoms with Crippen molar-refractivity contribution >= 4 is 44.0 Å². The molecule has 0 saturated carbocycles. The van der Waals surface area contributed by atoms with Gasteiger partial charge < -0.3 is 0 Å². The topological polar surface area (TPSA) is 47.6 Å². The van der Waals surface area contributed by atoms with E-state index in [0.29, 0.717) is 11.1 Å². The van der Waals surface area contributed by atoms with Gasteiger partial charge >= 0.3 is 0 Å². The van der Waals surface area contributed by atoms with Gasteiger partial charge in [-0.25, -0.2) is 0 Å². The molecule has 1 aromatic heterocycles. The fourth-order valence-electron chi connectivity index (χ4n) is 1.30. The molecule has 4 heteroatoms. The molecule has 0 aliphatic heterocycles. The van der Waals surface area contributed by atoms with Crippen LogP contribution in [0.1, 0.15) is 11.1 Å². The van der Waals surface area contributed by atoms with Crippen LogP contribution in [-0.4, -0.2) is 0 Å². The first kappa shape index (κ1) is 9.45. The number of nitrogens with zero attached hydrogens (tertiary/aromatic N) is 2. The van der Waals surface area contributed by atoms with Crippen molar-refractivity contribution in [2.75, 3.05) is 0 Å². The Balaban J connectivity index is 3.00. The minimum absolute atomic E-state index is 0.651. The average molecular weight is 310 g/mol. The third-order valence-corrected chi connectivity index (χ3v) is 3.72. The van der Waals surface area contributed by atoms with E-state index in [2.05, 4.69) is 34.7 Å². The summed E-state index contributed by atoms with van der Waals surface area (Å²) in [4.78, 5) is 0. The Kier molecular flexibility index (Phi) is 2.40. The third-order valence-electron chi connectivity index (χ3n) is 1.92. The normalized spacial score (nSPS) is 9.64. The smallest absolute Gasteiger partial charge is 0.101 e. The van der Waals surface area contributed by atoms with E-state index in [1.165, 1.54) is 11.3 Å². The Morgan fingerprint density at radius 3 is 2.71 bits per heavy atom. The molecule has 2 rings (SSSR count). The number of fused-ring (bicyclic) bond motifs is 1. The van der Waals surface area contributed by atoms with Crippen molar-refractivity contribution in [3.8, 4) is 12.1 Å². The van der Waals surface area contributed by atoms with Gasteiger partial charge in [-0.05, 0) is 40.1 Å². The summed E-state index contributed by atoms with van der Waals surface area (Å²) in [6.45, 7) is 0. The lowest BCUT2D eigenvalue weighted by Crippen LogP contribution is -1.85. The fraction of sp³-hybridized carbons (Fsp3) is 0. The number of halogens is 1. The van der Waals surface area contributed by atoms with Crippen LogP contribution in [0.15, 0.2) is 17.5 Å². The minimum atomic E-state index is 0.651. The molecule has 0 aliphatic rings. The van der Waals surface area contributed by atoms with Gasteiger partial charge in [-0.2, -0.15) is 10.5 Å². The molecule has 0 unspecified atom stereocenters. The highest BCUT2D eigenvalue weighted by molar-refractivity contribution is 14.1. The van der Waals surface area contributed by atoms with Crippen LogP contribution >= 0.6 is 33.9 Å². The van der Waals surface area contributed by atoms with Gasteiger partial charge in [-0.1, -0.05) is 0 Å². The first-order valence-corrected chi connectivity index (χ1v) is 5.73. The molecule has 14 heavy (non-hydrogen) atoms. The van der Waals surface area contributed by atoms with Gasteiger partial charge in [0.05, 0.1) is 15.8 Å². The molecule has 0 spiro atoms. The molecule has 1 heterocycles. The molecule has 0 fully saturated rings. The summed E-state index contributed by atoms with van der Waals surface area (Å²) in [5.74, 6) is 0. The van der Waals surface area contributed by atoms with Gasteiger partial charge in [0.15, 0.2) is 0 Å². The van der Waals surface area contributed by atoms with Crippen molar-refractivity contribution in [3.05, 3.63) is 32.2 Å². The molecule has 0 amide bonds. The summed E-state index contributed by atoms with van der Waals surface area (Å²) in [7, 11) is 0. The standard InChI is InChI=1S/C10H3IN2S/c11-9-3-6(4-12)10-7(1-2-14-10)8(9)5-13/h1-3H. The Morgan fingerprint density at radius 1 is 1.29 bits per heavy atom. The summed E-state index contributed by atoms with van der Waals surface area (Å²) >= 11 is 3.59. The molecule has 0 atom stereocenters. The van der Waals surface area contributed by atoms with E-state index in [0.717, 1.165) is 13.7 Å². The number of thiophene rings is 1. The van der Waals surface area contributed by atoms with Crippen LogP contribution in [0.25, 0.3) is 10.1 Å². The van der Waals surface area contributed by atoms with Gasteiger partial charge in [0.25, 0.3) is 0 Å². The lowest BCUT2D eigenvalue weighted by molar-refractivity contribution is 1.47. The Morgan fingerprint density at radius 2 is 2.07 bits per heavy atom. The lowest BCUT2D eigenvalue weighted by atomic mass is 10.1. The molecule has 0 N–H and O–H groups in total. The zero-order chi connectivity index (χ0) is 10.1. The highest BCUT2D eigenvalue weighted by Gasteiger charge is 2.10. The maximum Gasteiger partial charge on any atom is 0.101 e.